The van der Waals surface area contributed by atoms with Crippen molar-refractivity contribution in [2.75, 3.05) is 36.5 Å². The van der Waals surface area contributed by atoms with Gasteiger partial charge >= 0.3 is 0 Å². The average molecular weight is 558 g/mol. The van der Waals surface area contributed by atoms with Crippen LogP contribution in [0.5, 0.6) is 5.75 Å². The van der Waals surface area contributed by atoms with Gasteiger partial charge in [-0.25, -0.2) is 0 Å². The molecular weight excluding hydrogens is 526 g/mol. The number of halogens is 1. The summed E-state index contributed by atoms with van der Waals surface area (Å²) in [5.41, 5.74) is 3.54. The Morgan fingerprint density at radius 2 is 2.00 bits per heavy atom. The molecule has 0 unspecified atom stereocenters. The van der Waals surface area contributed by atoms with Gasteiger partial charge in [0.2, 0.25) is 11.8 Å². The minimum absolute atomic E-state index is 0.0735. The second-order valence-corrected chi connectivity index (χ2v) is 10.1. The van der Waals surface area contributed by atoms with Crippen molar-refractivity contribution in [3.63, 3.8) is 0 Å². The largest absolute Gasteiger partial charge is 0.484 e. The molecule has 0 radical (unpaired) electrons. The Kier molecular flexibility index (Phi) is 8.64. The molecule has 2 N–H and O–H groups in total. The van der Waals surface area contributed by atoms with Crippen molar-refractivity contribution in [3.8, 4) is 5.75 Å². The molecule has 0 saturated carbocycles. The molecule has 36 heavy (non-hydrogen) atoms. The van der Waals surface area contributed by atoms with E-state index in [4.69, 9.17) is 9.47 Å². The van der Waals surface area contributed by atoms with Gasteiger partial charge in [0.25, 0.3) is 5.91 Å². The van der Waals surface area contributed by atoms with Gasteiger partial charge in [0.05, 0.1) is 12.0 Å². The molecule has 0 aromatic heterocycles. The number of hydrogen-bond donors (Lipinski definition) is 2. The molecule has 2 aliphatic heterocycles. The highest BCUT2D eigenvalue weighted by Crippen LogP contribution is 2.28. The van der Waals surface area contributed by atoms with Gasteiger partial charge in [0.15, 0.2) is 6.61 Å². The zero-order valence-electron chi connectivity index (χ0n) is 20.6. The molecule has 8 nitrogen and oxygen atoms in total. The van der Waals surface area contributed by atoms with Gasteiger partial charge in [0.1, 0.15) is 5.75 Å². The monoisotopic (exact) mass is 557 g/mol. The normalized spacial score (nSPS) is 19.4. The van der Waals surface area contributed by atoms with Gasteiger partial charge in [-0.15, -0.1) is 0 Å². The van der Waals surface area contributed by atoms with E-state index in [1.54, 1.807) is 29.2 Å². The molecule has 0 bridgehead atoms. The van der Waals surface area contributed by atoms with Gasteiger partial charge in [-0.1, -0.05) is 22.9 Å². The summed E-state index contributed by atoms with van der Waals surface area (Å²) in [6, 6.07) is 11.0. The lowest BCUT2D eigenvalue weighted by Crippen LogP contribution is -2.37. The number of aryl methyl sites for hydroxylation is 2. The lowest BCUT2D eigenvalue weighted by Gasteiger charge is -2.18. The third kappa shape index (κ3) is 6.44. The van der Waals surface area contributed by atoms with Crippen LogP contribution in [0.15, 0.2) is 40.9 Å². The molecule has 2 atom stereocenters. The number of nitrogens with one attached hydrogen (secondary N) is 2. The molecule has 2 fully saturated rings. The standard InChI is InChI=1S/C27H32BrN3O5/c1-3-18-12-20(28)11-17(2)26(18)30-24(32)16-36-22-8-6-21(7-9-22)31-15-19(13-25(31)33)27(34)29-14-23-5-4-10-35-23/h6-9,11-12,19,23H,3-5,10,13-16H2,1-2H3,(H,29,34)(H,30,32)/t19-,23+/m1/s1. The van der Waals surface area contributed by atoms with Gasteiger partial charge < -0.3 is 25.0 Å². The molecule has 2 heterocycles. The molecule has 4 rings (SSSR count). The van der Waals surface area contributed by atoms with E-state index < -0.39 is 0 Å². The molecule has 0 aliphatic carbocycles. The van der Waals surface area contributed by atoms with Gasteiger partial charge in [-0.3, -0.25) is 14.4 Å². The van der Waals surface area contributed by atoms with Gasteiger partial charge in [-0.2, -0.15) is 0 Å². The highest BCUT2D eigenvalue weighted by Gasteiger charge is 2.35. The Balaban J connectivity index is 1.28. The van der Waals surface area contributed by atoms with Crippen LogP contribution in [0.3, 0.4) is 0 Å². The zero-order valence-corrected chi connectivity index (χ0v) is 22.2. The fraction of sp³-hybridized carbons (Fsp3) is 0.444. The third-order valence-electron chi connectivity index (χ3n) is 6.57. The first-order chi connectivity index (χ1) is 17.3. The van der Waals surface area contributed by atoms with Crippen LogP contribution in [0.2, 0.25) is 0 Å². The van der Waals surface area contributed by atoms with Crippen molar-refractivity contribution < 1.29 is 23.9 Å². The van der Waals surface area contributed by atoms with E-state index in [2.05, 4.69) is 26.6 Å². The molecule has 3 amide bonds. The maximum atomic E-state index is 12.6. The van der Waals surface area contributed by atoms with E-state index in [-0.39, 0.29) is 42.8 Å². The van der Waals surface area contributed by atoms with Crippen LogP contribution in [-0.4, -0.2) is 50.1 Å². The smallest absolute Gasteiger partial charge is 0.262 e. The van der Waals surface area contributed by atoms with E-state index >= 15 is 0 Å². The van der Waals surface area contributed by atoms with E-state index in [1.807, 2.05) is 26.0 Å². The molecular formula is C27H32BrN3O5. The van der Waals surface area contributed by atoms with Crippen LogP contribution in [0, 0.1) is 12.8 Å². The van der Waals surface area contributed by atoms with Gasteiger partial charge in [-0.05, 0) is 73.7 Å². The Hall–Kier alpha value is -2.91. The van der Waals surface area contributed by atoms with Crippen molar-refractivity contribution in [1.82, 2.24) is 5.32 Å². The number of amides is 3. The van der Waals surface area contributed by atoms with Crippen LogP contribution >= 0.6 is 15.9 Å². The highest BCUT2D eigenvalue weighted by atomic mass is 79.9. The summed E-state index contributed by atoms with van der Waals surface area (Å²) in [7, 11) is 0. The molecule has 2 aliphatic rings. The third-order valence-corrected chi connectivity index (χ3v) is 7.03. The van der Waals surface area contributed by atoms with Crippen LogP contribution in [0.25, 0.3) is 0 Å². The summed E-state index contributed by atoms with van der Waals surface area (Å²) in [6.45, 7) is 5.44. The van der Waals surface area contributed by atoms with Crippen molar-refractivity contribution in [2.45, 2.75) is 45.6 Å². The van der Waals surface area contributed by atoms with E-state index in [1.165, 1.54) is 0 Å². The van der Waals surface area contributed by atoms with Crippen LogP contribution < -0.4 is 20.3 Å². The minimum Gasteiger partial charge on any atom is -0.484 e. The second-order valence-electron chi connectivity index (χ2n) is 9.23. The van der Waals surface area contributed by atoms with E-state index in [9.17, 15) is 14.4 Å². The first-order valence-electron chi connectivity index (χ1n) is 12.4. The van der Waals surface area contributed by atoms with E-state index in [0.29, 0.717) is 24.5 Å². The maximum absolute atomic E-state index is 12.6. The summed E-state index contributed by atoms with van der Waals surface area (Å²) < 4.78 is 12.2. The predicted octanol–water partition coefficient (Wildman–Crippen LogP) is 3.99. The predicted molar refractivity (Wildman–Crippen MR) is 141 cm³/mol. The van der Waals surface area contributed by atoms with Crippen molar-refractivity contribution in [3.05, 3.63) is 52.0 Å². The van der Waals surface area contributed by atoms with Crippen LogP contribution in [-0.2, 0) is 25.5 Å². The lowest BCUT2D eigenvalue weighted by molar-refractivity contribution is -0.126. The number of carbonyl (C=O) groups is 3. The van der Waals surface area contributed by atoms with Gasteiger partial charge in [0, 0.05) is 42.0 Å². The number of ether oxygens (including phenoxy) is 2. The summed E-state index contributed by atoms with van der Waals surface area (Å²) in [4.78, 5) is 39.2. The van der Waals surface area contributed by atoms with Crippen LogP contribution in [0.1, 0.15) is 37.3 Å². The summed E-state index contributed by atoms with van der Waals surface area (Å²) >= 11 is 3.49. The Labute approximate surface area is 219 Å². The van der Waals surface area contributed by atoms with Crippen molar-refractivity contribution in [1.29, 1.82) is 0 Å². The number of hydrogen-bond acceptors (Lipinski definition) is 5. The Morgan fingerprint density at radius 3 is 2.69 bits per heavy atom. The fourth-order valence-electron chi connectivity index (χ4n) is 4.61. The lowest BCUT2D eigenvalue weighted by atomic mass is 10.1. The van der Waals surface area contributed by atoms with Crippen molar-refractivity contribution in [2.24, 2.45) is 5.92 Å². The average Bonchev–Trinajstić information content (AvgIpc) is 3.53. The second kappa shape index (κ2) is 11.9. The minimum atomic E-state index is -0.381. The maximum Gasteiger partial charge on any atom is 0.262 e. The number of carbonyl (C=O) groups excluding carboxylic acids is 3. The van der Waals surface area contributed by atoms with Crippen molar-refractivity contribution >= 4 is 45.0 Å². The topological polar surface area (TPSA) is 97.0 Å². The molecule has 192 valence electrons. The van der Waals surface area contributed by atoms with Crippen LogP contribution in [0.4, 0.5) is 11.4 Å². The number of anilines is 2. The SMILES string of the molecule is CCc1cc(Br)cc(C)c1NC(=O)COc1ccc(N2C[C@H](C(=O)NC[C@@H]3CCCO3)CC2=O)cc1. The number of rotatable bonds is 9. The Morgan fingerprint density at radius 1 is 1.22 bits per heavy atom. The summed E-state index contributed by atoms with van der Waals surface area (Å²) in [6.07, 6.45) is 3.03. The number of benzene rings is 2. The first kappa shape index (κ1) is 26.2. The van der Waals surface area contributed by atoms with E-state index in [0.717, 1.165) is 47.2 Å². The fourth-order valence-corrected chi connectivity index (χ4v) is 5.23. The quantitative estimate of drug-likeness (QED) is 0.486. The Bertz CT molecular complexity index is 1120. The first-order valence-corrected chi connectivity index (χ1v) is 13.1. The zero-order chi connectivity index (χ0) is 25.7. The molecule has 0 spiro atoms. The molecule has 9 heteroatoms. The number of nitrogens with zero attached hydrogens (tertiary/aromatic N) is 1. The molecule has 2 aromatic rings. The summed E-state index contributed by atoms with van der Waals surface area (Å²) in [5, 5.41) is 5.87. The summed E-state index contributed by atoms with van der Waals surface area (Å²) in [5.74, 6) is -0.300. The molecule has 2 saturated heterocycles. The molecule has 2 aromatic carbocycles. The highest BCUT2D eigenvalue weighted by molar-refractivity contribution is 9.10.